The lowest BCUT2D eigenvalue weighted by molar-refractivity contribution is 0.101. The number of rotatable bonds is 6. The summed E-state index contributed by atoms with van der Waals surface area (Å²) in [6, 6.07) is 12.8. The van der Waals surface area contributed by atoms with Gasteiger partial charge in [-0.2, -0.15) is 0 Å². The summed E-state index contributed by atoms with van der Waals surface area (Å²) in [6.07, 6.45) is 3.08. The number of fused-ring (bicyclic) bond motifs is 1. The normalized spacial score (nSPS) is 11.7. The zero-order valence-electron chi connectivity index (χ0n) is 17.9. The van der Waals surface area contributed by atoms with Crippen LogP contribution in [0.25, 0.3) is 10.9 Å². The highest BCUT2D eigenvalue weighted by atomic mass is 32.2. The number of Topliss-reactive ketones (excluding diaryl/α,β-unsaturated/α-hetero) is 1. The van der Waals surface area contributed by atoms with Gasteiger partial charge in [-0.3, -0.25) is 4.79 Å². The van der Waals surface area contributed by atoms with Gasteiger partial charge in [0.1, 0.15) is 11.6 Å². The van der Waals surface area contributed by atoms with Gasteiger partial charge < -0.3 is 4.74 Å². The molecule has 5 nitrogen and oxygen atoms in total. The van der Waals surface area contributed by atoms with Gasteiger partial charge in [-0.15, -0.1) is 11.8 Å². The molecule has 0 fully saturated rings. The van der Waals surface area contributed by atoms with Gasteiger partial charge in [-0.1, -0.05) is 18.2 Å². The first kappa shape index (κ1) is 23.0. The van der Waals surface area contributed by atoms with Crippen LogP contribution in [0.5, 0.6) is 11.5 Å². The second kappa shape index (κ2) is 8.64. The van der Waals surface area contributed by atoms with E-state index >= 15 is 4.39 Å². The number of carbonyl (C=O) groups is 1. The lowest BCUT2D eigenvalue weighted by Gasteiger charge is -2.14. The molecule has 4 aromatic rings. The van der Waals surface area contributed by atoms with Crippen molar-refractivity contribution in [3.63, 3.8) is 0 Å². The molecule has 0 radical (unpaired) electrons. The molecule has 0 spiro atoms. The van der Waals surface area contributed by atoms with Gasteiger partial charge in [-0.25, -0.2) is 21.2 Å². The molecule has 0 aliphatic carbocycles. The fraction of sp³-hybridized carbons (Fsp3) is 0.125. The van der Waals surface area contributed by atoms with Crippen LogP contribution in [0.4, 0.5) is 8.78 Å². The molecule has 9 heteroatoms. The molecule has 0 saturated heterocycles. The van der Waals surface area contributed by atoms with E-state index in [1.165, 1.54) is 43.1 Å². The molecule has 1 aromatic heterocycles. The molecule has 170 valence electrons. The van der Waals surface area contributed by atoms with Gasteiger partial charge in [0.2, 0.25) is 0 Å². The Hall–Kier alpha value is -3.17. The Bertz CT molecular complexity index is 1510. The van der Waals surface area contributed by atoms with E-state index in [9.17, 15) is 17.6 Å². The minimum atomic E-state index is -3.97. The van der Waals surface area contributed by atoms with Crippen LogP contribution in [0.3, 0.4) is 0 Å². The molecule has 4 rings (SSSR count). The number of benzene rings is 3. The molecule has 0 aliphatic heterocycles. The highest BCUT2D eigenvalue weighted by Gasteiger charge is 2.25. The maximum Gasteiger partial charge on any atom is 0.268 e. The number of nitrogens with zero attached hydrogens (tertiary/aromatic N) is 1. The van der Waals surface area contributed by atoms with Crippen molar-refractivity contribution in [3.8, 4) is 11.5 Å². The number of ketones is 1. The number of hydrogen-bond donors (Lipinski definition) is 0. The monoisotopic (exact) mass is 487 g/mol. The van der Waals surface area contributed by atoms with Gasteiger partial charge >= 0.3 is 0 Å². The highest BCUT2D eigenvalue weighted by Crippen LogP contribution is 2.41. The Morgan fingerprint density at radius 1 is 1.03 bits per heavy atom. The summed E-state index contributed by atoms with van der Waals surface area (Å²) in [5.41, 5.74) is 0.564. The van der Waals surface area contributed by atoms with Crippen LogP contribution in [0.2, 0.25) is 0 Å². The van der Waals surface area contributed by atoms with Crippen LogP contribution in [0.15, 0.2) is 70.6 Å². The fourth-order valence-corrected chi connectivity index (χ4v) is 5.88. The van der Waals surface area contributed by atoms with E-state index in [1.54, 1.807) is 37.4 Å². The largest absolute Gasteiger partial charge is 0.453 e. The van der Waals surface area contributed by atoms with Crippen LogP contribution in [-0.4, -0.2) is 24.4 Å². The highest BCUT2D eigenvalue weighted by molar-refractivity contribution is 7.99. The quantitative estimate of drug-likeness (QED) is 0.240. The van der Waals surface area contributed by atoms with Crippen LogP contribution in [0, 0.1) is 18.6 Å². The molecular weight excluding hydrogens is 468 g/mol. The minimum absolute atomic E-state index is 0.0853. The third-order valence-corrected chi connectivity index (χ3v) is 7.86. The van der Waals surface area contributed by atoms with E-state index in [0.29, 0.717) is 15.8 Å². The first-order valence-corrected chi connectivity index (χ1v) is 12.5. The number of aryl methyl sites for hydroxylation is 1. The third-order valence-electron chi connectivity index (χ3n) is 5.19. The van der Waals surface area contributed by atoms with E-state index in [1.807, 2.05) is 0 Å². The Labute approximate surface area is 194 Å². The Balaban J connectivity index is 1.86. The molecule has 1 heterocycles. The average Bonchev–Trinajstić information content (AvgIpc) is 3.19. The summed E-state index contributed by atoms with van der Waals surface area (Å²) >= 11 is 1.18. The molecule has 0 N–H and O–H groups in total. The standard InChI is InChI=1S/C24H19F2NO4S2/c1-14-6-4-5-7-22(14)33(29,30)27-11-10-17-21(27)13-20(26)23(24(17)32-3)31-16-8-9-19(25)18(12-16)15(2)28/h4-13H,1-3H3. The van der Waals surface area contributed by atoms with Crippen molar-refractivity contribution in [1.29, 1.82) is 0 Å². The summed E-state index contributed by atoms with van der Waals surface area (Å²) < 4.78 is 62.4. The molecule has 0 atom stereocenters. The van der Waals surface area contributed by atoms with Crippen LogP contribution in [0.1, 0.15) is 22.8 Å². The molecule has 0 aliphatic rings. The number of carbonyl (C=O) groups excluding carboxylic acids is 1. The van der Waals surface area contributed by atoms with E-state index in [2.05, 4.69) is 0 Å². The summed E-state index contributed by atoms with van der Waals surface area (Å²) in [4.78, 5) is 12.1. The second-order valence-electron chi connectivity index (χ2n) is 7.34. The van der Waals surface area contributed by atoms with Crippen LogP contribution >= 0.6 is 11.8 Å². The summed E-state index contributed by atoms with van der Waals surface area (Å²) in [7, 11) is -3.97. The summed E-state index contributed by atoms with van der Waals surface area (Å²) in [6.45, 7) is 2.91. The summed E-state index contributed by atoms with van der Waals surface area (Å²) in [5, 5.41) is 0.477. The first-order valence-electron chi connectivity index (χ1n) is 9.82. The van der Waals surface area contributed by atoms with Crippen LogP contribution in [-0.2, 0) is 10.0 Å². The predicted molar refractivity (Wildman–Crippen MR) is 124 cm³/mol. The molecule has 0 saturated carbocycles. The Kier molecular flexibility index (Phi) is 6.02. The smallest absolute Gasteiger partial charge is 0.268 e. The van der Waals surface area contributed by atoms with Crippen LogP contribution < -0.4 is 4.74 Å². The molecule has 0 bridgehead atoms. The molecular formula is C24H19F2NO4S2. The third kappa shape index (κ3) is 4.02. The van der Waals surface area contributed by atoms with E-state index in [-0.39, 0.29) is 27.5 Å². The Morgan fingerprint density at radius 2 is 1.76 bits per heavy atom. The average molecular weight is 488 g/mol. The molecule has 0 amide bonds. The van der Waals surface area contributed by atoms with Crippen molar-refractivity contribution in [2.45, 2.75) is 23.6 Å². The maximum atomic E-state index is 15.2. The van der Waals surface area contributed by atoms with E-state index in [4.69, 9.17) is 4.74 Å². The van der Waals surface area contributed by atoms with Crippen molar-refractivity contribution in [2.24, 2.45) is 0 Å². The van der Waals surface area contributed by atoms with Crippen molar-refractivity contribution in [1.82, 2.24) is 3.97 Å². The Morgan fingerprint density at radius 3 is 2.42 bits per heavy atom. The zero-order chi connectivity index (χ0) is 23.9. The number of halogens is 2. The fourth-order valence-electron chi connectivity index (χ4n) is 3.59. The van der Waals surface area contributed by atoms with Gasteiger partial charge in [-0.05, 0) is 56.0 Å². The van der Waals surface area contributed by atoms with Gasteiger partial charge in [0, 0.05) is 17.6 Å². The van der Waals surface area contributed by atoms with Gasteiger partial charge in [0.25, 0.3) is 10.0 Å². The maximum absolute atomic E-state index is 15.2. The number of thioether (sulfide) groups is 1. The molecule has 33 heavy (non-hydrogen) atoms. The predicted octanol–water partition coefficient (Wildman–Crippen LogP) is 6.18. The summed E-state index contributed by atoms with van der Waals surface area (Å²) in [5.74, 6) is -2.03. The minimum Gasteiger partial charge on any atom is -0.453 e. The zero-order valence-corrected chi connectivity index (χ0v) is 19.6. The SMILES string of the molecule is CSc1c(Oc2ccc(F)c(C(C)=O)c2)c(F)cc2c1ccn2S(=O)(=O)c1ccccc1C. The molecule has 0 unspecified atom stereocenters. The van der Waals surface area contributed by atoms with Crippen molar-refractivity contribution in [3.05, 3.63) is 83.6 Å². The van der Waals surface area contributed by atoms with Gasteiger partial charge in [0.05, 0.1) is 20.9 Å². The van der Waals surface area contributed by atoms with Crippen molar-refractivity contribution in [2.75, 3.05) is 6.26 Å². The first-order chi connectivity index (χ1) is 15.6. The number of ether oxygens (including phenoxy) is 1. The lowest BCUT2D eigenvalue weighted by Crippen LogP contribution is -2.13. The van der Waals surface area contributed by atoms with Crippen molar-refractivity contribution < 1.29 is 26.7 Å². The van der Waals surface area contributed by atoms with E-state index in [0.717, 1.165) is 16.1 Å². The molecule has 3 aromatic carbocycles. The topological polar surface area (TPSA) is 65.4 Å². The number of aromatic nitrogens is 1. The van der Waals surface area contributed by atoms with Crippen molar-refractivity contribution >= 4 is 38.5 Å². The lowest BCUT2D eigenvalue weighted by atomic mass is 10.1. The van der Waals surface area contributed by atoms with Gasteiger partial charge in [0.15, 0.2) is 17.3 Å². The number of hydrogen-bond acceptors (Lipinski definition) is 5. The van der Waals surface area contributed by atoms with E-state index < -0.39 is 27.4 Å². The second-order valence-corrected chi connectivity index (χ2v) is 9.94.